The number of hydrogen-bond donors (Lipinski definition) is 1. The number of benzene rings is 3. The van der Waals surface area contributed by atoms with E-state index in [9.17, 15) is 9.59 Å². The first-order chi connectivity index (χ1) is 16.6. The number of hydrogen-bond acceptors (Lipinski definition) is 5. The largest absolute Gasteiger partial charge is 0.497 e. The van der Waals surface area contributed by atoms with Gasteiger partial charge in [0.15, 0.2) is 0 Å². The van der Waals surface area contributed by atoms with Crippen molar-refractivity contribution in [3.63, 3.8) is 0 Å². The zero-order valence-corrected chi connectivity index (χ0v) is 19.0. The monoisotopic (exact) mass is 455 g/mol. The minimum Gasteiger partial charge on any atom is -0.497 e. The van der Waals surface area contributed by atoms with Crippen molar-refractivity contribution in [2.75, 3.05) is 14.2 Å². The second-order valence-corrected chi connectivity index (χ2v) is 7.69. The van der Waals surface area contributed by atoms with Crippen molar-refractivity contribution in [2.45, 2.75) is 13.1 Å². The van der Waals surface area contributed by atoms with Gasteiger partial charge in [-0.3, -0.25) is 9.59 Å². The van der Waals surface area contributed by atoms with Crippen LogP contribution in [0.25, 0.3) is 17.0 Å². The third-order valence-electron chi connectivity index (χ3n) is 5.32. The Bertz CT molecular complexity index is 1360. The zero-order valence-electron chi connectivity index (χ0n) is 19.0. The van der Waals surface area contributed by atoms with E-state index in [0.717, 1.165) is 11.1 Å². The highest BCUT2D eigenvalue weighted by atomic mass is 16.5. The topological polar surface area (TPSA) is 84.5 Å². The van der Waals surface area contributed by atoms with E-state index in [0.29, 0.717) is 34.8 Å². The van der Waals surface area contributed by atoms with E-state index in [2.05, 4.69) is 9.97 Å². The summed E-state index contributed by atoms with van der Waals surface area (Å²) in [6.07, 6.45) is 3.21. The van der Waals surface area contributed by atoms with Crippen LogP contribution in [0.2, 0.25) is 0 Å². The van der Waals surface area contributed by atoms with E-state index in [1.54, 1.807) is 49.5 Å². The minimum atomic E-state index is -0.230. The molecule has 0 bridgehead atoms. The van der Waals surface area contributed by atoms with Crippen LogP contribution < -0.4 is 15.0 Å². The molecule has 1 N–H and O–H groups in total. The zero-order chi connectivity index (χ0) is 23.9. The third-order valence-corrected chi connectivity index (χ3v) is 5.32. The first-order valence-electron chi connectivity index (χ1n) is 10.8. The van der Waals surface area contributed by atoms with Crippen molar-refractivity contribution >= 4 is 22.9 Å². The quantitative estimate of drug-likeness (QED) is 0.403. The van der Waals surface area contributed by atoms with Crippen LogP contribution in [0.1, 0.15) is 17.0 Å². The summed E-state index contributed by atoms with van der Waals surface area (Å²) >= 11 is 0. The van der Waals surface area contributed by atoms with Crippen molar-refractivity contribution in [1.29, 1.82) is 0 Å². The Morgan fingerprint density at radius 1 is 0.941 bits per heavy atom. The Hall–Kier alpha value is -4.39. The fraction of sp³-hybridized carbons (Fsp3) is 0.148. The molecular weight excluding hydrogens is 430 g/mol. The van der Waals surface area contributed by atoms with E-state index in [1.165, 1.54) is 6.08 Å². The van der Waals surface area contributed by atoms with Crippen LogP contribution in [0, 0.1) is 0 Å². The van der Waals surface area contributed by atoms with Gasteiger partial charge in [0.25, 0.3) is 5.56 Å². The number of aromatic amines is 1. The number of amides is 1. The van der Waals surface area contributed by atoms with Gasteiger partial charge < -0.3 is 19.4 Å². The van der Waals surface area contributed by atoms with Gasteiger partial charge in [-0.05, 0) is 41.5 Å². The number of para-hydroxylation sites is 1. The molecule has 3 aromatic carbocycles. The van der Waals surface area contributed by atoms with Crippen LogP contribution in [-0.2, 0) is 17.9 Å². The van der Waals surface area contributed by atoms with E-state index in [1.807, 2.05) is 48.5 Å². The maximum atomic E-state index is 13.2. The number of nitrogens with one attached hydrogen (secondary N) is 1. The molecule has 0 saturated heterocycles. The third kappa shape index (κ3) is 5.50. The number of carbonyl (C=O) groups is 1. The number of methoxy groups -OCH3 is 2. The molecule has 0 unspecified atom stereocenters. The number of H-pyrrole nitrogens is 1. The lowest BCUT2D eigenvalue weighted by atomic mass is 10.1. The molecule has 0 aliphatic heterocycles. The van der Waals surface area contributed by atoms with Gasteiger partial charge >= 0.3 is 0 Å². The van der Waals surface area contributed by atoms with Crippen LogP contribution >= 0.6 is 0 Å². The molecule has 34 heavy (non-hydrogen) atoms. The second-order valence-electron chi connectivity index (χ2n) is 7.69. The summed E-state index contributed by atoms with van der Waals surface area (Å²) in [5, 5.41) is 0.513. The molecule has 1 amide bonds. The lowest BCUT2D eigenvalue weighted by Crippen LogP contribution is -2.30. The summed E-state index contributed by atoms with van der Waals surface area (Å²) < 4.78 is 10.6. The Labute approximate surface area is 197 Å². The molecule has 0 aliphatic carbocycles. The van der Waals surface area contributed by atoms with Crippen LogP contribution in [0.15, 0.2) is 83.7 Å². The fourth-order valence-electron chi connectivity index (χ4n) is 3.60. The molecule has 0 radical (unpaired) electrons. The summed E-state index contributed by atoms with van der Waals surface area (Å²) in [5.41, 5.74) is 2.09. The summed E-state index contributed by atoms with van der Waals surface area (Å²) in [4.78, 5) is 34.7. The number of ether oxygens (including phenoxy) is 2. The maximum Gasteiger partial charge on any atom is 0.258 e. The fourth-order valence-corrected chi connectivity index (χ4v) is 3.60. The molecule has 4 aromatic rings. The van der Waals surface area contributed by atoms with Crippen molar-refractivity contribution in [1.82, 2.24) is 14.9 Å². The summed E-state index contributed by atoms with van der Waals surface area (Å²) in [6.45, 7) is 0.515. The van der Waals surface area contributed by atoms with Gasteiger partial charge in [0.2, 0.25) is 5.91 Å². The summed E-state index contributed by atoms with van der Waals surface area (Å²) in [7, 11) is 3.15. The summed E-state index contributed by atoms with van der Waals surface area (Å²) in [6, 6.07) is 22.2. The summed E-state index contributed by atoms with van der Waals surface area (Å²) in [5.74, 6) is 1.46. The van der Waals surface area contributed by atoms with E-state index in [4.69, 9.17) is 9.47 Å². The SMILES string of the molecule is COc1cc(/C=C/C(=O)N(Cc2ccccc2)Cc2nc3ccccc3c(=O)[nH]2)cc(OC)c1. The molecular formula is C27H25N3O4. The average molecular weight is 456 g/mol. The van der Waals surface area contributed by atoms with Gasteiger partial charge in [-0.25, -0.2) is 4.98 Å². The van der Waals surface area contributed by atoms with E-state index >= 15 is 0 Å². The smallest absolute Gasteiger partial charge is 0.258 e. The van der Waals surface area contributed by atoms with Crippen molar-refractivity contribution in [2.24, 2.45) is 0 Å². The highest BCUT2D eigenvalue weighted by Gasteiger charge is 2.15. The molecule has 0 aliphatic rings. The first kappa shape index (κ1) is 22.8. The Kier molecular flexibility index (Phi) is 7.03. The normalized spacial score (nSPS) is 11.0. The van der Waals surface area contributed by atoms with Crippen molar-refractivity contribution < 1.29 is 14.3 Å². The van der Waals surface area contributed by atoms with Gasteiger partial charge in [0, 0.05) is 18.7 Å². The molecule has 7 heteroatoms. The molecule has 0 atom stereocenters. The van der Waals surface area contributed by atoms with Gasteiger partial charge in [-0.1, -0.05) is 42.5 Å². The Balaban J connectivity index is 1.63. The number of carbonyl (C=O) groups excluding carboxylic acids is 1. The molecule has 0 spiro atoms. The minimum absolute atomic E-state index is 0.152. The molecule has 4 rings (SSSR count). The number of rotatable bonds is 8. The lowest BCUT2D eigenvalue weighted by molar-refractivity contribution is -0.127. The van der Waals surface area contributed by atoms with Gasteiger partial charge in [-0.15, -0.1) is 0 Å². The molecule has 1 heterocycles. The highest BCUT2D eigenvalue weighted by Crippen LogP contribution is 2.23. The van der Waals surface area contributed by atoms with Crippen molar-refractivity contribution in [3.05, 3.63) is 106 Å². The standard InChI is InChI=1S/C27H25N3O4/c1-33-21-14-20(15-22(16-21)34-2)12-13-26(31)30(17-19-8-4-3-5-9-19)18-25-28-24-11-7-6-10-23(24)27(32)29-25/h3-16H,17-18H2,1-2H3,(H,28,29,32)/b13-12+. The molecule has 0 fully saturated rings. The molecule has 0 saturated carbocycles. The Morgan fingerprint density at radius 2 is 1.62 bits per heavy atom. The van der Waals surface area contributed by atoms with Crippen LogP contribution in [0.3, 0.4) is 0 Å². The lowest BCUT2D eigenvalue weighted by Gasteiger charge is -2.21. The average Bonchev–Trinajstić information content (AvgIpc) is 2.87. The van der Waals surface area contributed by atoms with Gasteiger partial charge in [0.05, 0.1) is 31.7 Å². The van der Waals surface area contributed by atoms with Crippen LogP contribution in [0.4, 0.5) is 0 Å². The predicted molar refractivity (Wildman–Crippen MR) is 132 cm³/mol. The number of fused-ring (bicyclic) bond motifs is 1. The number of nitrogens with zero attached hydrogens (tertiary/aromatic N) is 2. The van der Waals surface area contributed by atoms with Crippen LogP contribution in [-0.4, -0.2) is 35.0 Å². The first-order valence-corrected chi connectivity index (χ1v) is 10.8. The van der Waals surface area contributed by atoms with E-state index in [-0.39, 0.29) is 18.0 Å². The molecule has 7 nitrogen and oxygen atoms in total. The van der Waals surface area contributed by atoms with E-state index < -0.39 is 0 Å². The molecule has 172 valence electrons. The predicted octanol–water partition coefficient (Wildman–Crippen LogP) is 4.18. The maximum absolute atomic E-state index is 13.2. The van der Waals surface area contributed by atoms with Gasteiger partial charge in [-0.2, -0.15) is 0 Å². The molecule has 1 aromatic heterocycles. The highest BCUT2D eigenvalue weighted by molar-refractivity contribution is 5.92. The van der Waals surface area contributed by atoms with Gasteiger partial charge in [0.1, 0.15) is 17.3 Å². The number of aromatic nitrogens is 2. The second kappa shape index (κ2) is 10.5. The van der Waals surface area contributed by atoms with Crippen molar-refractivity contribution in [3.8, 4) is 11.5 Å². The van der Waals surface area contributed by atoms with Crippen LogP contribution in [0.5, 0.6) is 11.5 Å². The Morgan fingerprint density at radius 3 is 2.32 bits per heavy atom.